The number of likely N-dealkylation sites (tertiary alicyclic amines) is 1. The number of anilines is 1. The minimum atomic E-state index is 0.0828. The fourth-order valence-corrected chi connectivity index (χ4v) is 5.27. The molecule has 0 aliphatic carbocycles. The van der Waals surface area contributed by atoms with Crippen molar-refractivity contribution in [3.63, 3.8) is 0 Å². The fourth-order valence-electron chi connectivity index (χ4n) is 5.27. The van der Waals surface area contributed by atoms with Gasteiger partial charge in [0, 0.05) is 38.8 Å². The molecular formula is C24H29N7O. The van der Waals surface area contributed by atoms with E-state index in [0.717, 1.165) is 58.4 Å². The van der Waals surface area contributed by atoms with Gasteiger partial charge in [-0.1, -0.05) is 30.3 Å². The quantitative estimate of drug-likeness (QED) is 0.800. The van der Waals surface area contributed by atoms with Crippen molar-refractivity contribution >= 4 is 12.0 Å². The fraction of sp³-hybridized carbons (Fsp3) is 0.500. The van der Waals surface area contributed by atoms with Gasteiger partial charge in [0.25, 0.3) is 0 Å². The molecule has 5 rings (SSSR count). The maximum atomic E-state index is 13.1. The van der Waals surface area contributed by atoms with Crippen LogP contribution in [-0.2, 0) is 6.54 Å². The Bertz CT molecular complexity index is 952. The second-order valence-corrected chi connectivity index (χ2v) is 9.07. The number of fused-ring (bicyclic) bond motifs is 2. The van der Waals surface area contributed by atoms with E-state index in [9.17, 15) is 4.79 Å². The van der Waals surface area contributed by atoms with E-state index < -0.39 is 0 Å². The Morgan fingerprint density at radius 3 is 2.31 bits per heavy atom. The Hall–Kier alpha value is -3.18. The van der Waals surface area contributed by atoms with Crippen molar-refractivity contribution in [2.45, 2.75) is 50.4 Å². The Morgan fingerprint density at radius 1 is 1.03 bits per heavy atom. The number of nitrogens with one attached hydrogen (secondary N) is 1. The normalized spacial score (nSPS) is 23.7. The van der Waals surface area contributed by atoms with Crippen molar-refractivity contribution in [3.05, 3.63) is 53.9 Å². The van der Waals surface area contributed by atoms with Crippen LogP contribution in [0.5, 0.6) is 0 Å². The minimum absolute atomic E-state index is 0.0828. The number of urea groups is 1. The number of piperazine rings is 1. The van der Waals surface area contributed by atoms with Crippen LogP contribution >= 0.6 is 0 Å². The highest BCUT2D eigenvalue weighted by molar-refractivity contribution is 5.76. The van der Waals surface area contributed by atoms with Crippen LogP contribution in [0.4, 0.5) is 10.7 Å². The SMILES string of the molecule is N#Cc1cnc(N2CC3CCC(C2)N3C(=O)NC2CCN(Cc3ccccc3)CC2)nc1. The van der Waals surface area contributed by atoms with Gasteiger partial charge in [-0.15, -0.1) is 0 Å². The highest BCUT2D eigenvalue weighted by Crippen LogP contribution is 2.31. The van der Waals surface area contributed by atoms with Gasteiger partial charge in [-0.05, 0) is 31.2 Å². The van der Waals surface area contributed by atoms with Gasteiger partial charge >= 0.3 is 6.03 Å². The number of carbonyl (C=O) groups is 1. The average molecular weight is 432 g/mol. The predicted octanol–water partition coefficient (Wildman–Crippen LogP) is 2.38. The van der Waals surface area contributed by atoms with Crippen molar-refractivity contribution in [1.82, 2.24) is 25.1 Å². The number of amides is 2. The summed E-state index contributed by atoms with van der Waals surface area (Å²) in [7, 11) is 0. The lowest BCUT2D eigenvalue weighted by atomic mass is 10.0. The highest BCUT2D eigenvalue weighted by Gasteiger charge is 2.43. The Morgan fingerprint density at radius 2 is 1.69 bits per heavy atom. The van der Waals surface area contributed by atoms with E-state index in [1.807, 2.05) is 0 Å². The molecule has 3 fully saturated rings. The molecule has 2 unspecified atom stereocenters. The van der Waals surface area contributed by atoms with Gasteiger partial charge in [0.2, 0.25) is 5.95 Å². The summed E-state index contributed by atoms with van der Waals surface area (Å²) in [4.78, 5) is 28.5. The minimum Gasteiger partial charge on any atom is -0.337 e. The number of aromatic nitrogens is 2. The first-order chi connectivity index (χ1) is 15.7. The second-order valence-electron chi connectivity index (χ2n) is 9.07. The molecule has 3 aliphatic rings. The summed E-state index contributed by atoms with van der Waals surface area (Å²) in [6.07, 6.45) is 7.14. The zero-order valence-corrected chi connectivity index (χ0v) is 18.2. The van der Waals surface area contributed by atoms with Gasteiger partial charge in [-0.2, -0.15) is 5.26 Å². The molecule has 2 amide bonds. The van der Waals surface area contributed by atoms with E-state index in [2.05, 4.69) is 66.4 Å². The van der Waals surface area contributed by atoms with Crippen LogP contribution in [0.1, 0.15) is 36.8 Å². The third-order valence-electron chi connectivity index (χ3n) is 6.93. The first-order valence-corrected chi connectivity index (χ1v) is 11.5. The predicted molar refractivity (Wildman–Crippen MR) is 121 cm³/mol. The van der Waals surface area contributed by atoms with Gasteiger partial charge in [0.15, 0.2) is 0 Å². The molecule has 32 heavy (non-hydrogen) atoms. The molecule has 2 aromatic rings. The first kappa shape index (κ1) is 20.7. The van der Waals surface area contributed by atoms with Gasteiger partial charge < -0.3 is 15.1 Å². The molecule has 0 saturated carbocycles. The largest absolute Gasteiger partial charge is 0.337 e. The number of nitriles is 1. The third kappa shape index (κ3) is 4.39. The summed E-state index contributed by atoms with van der Waals surface area (Å²) >= 11 is 0. The number of hydrogen-bond acceptors (Lipinski definition) is 6. The number of hydrogen-bond donors (Lipinski definition) is 1. The van der Waals surface area contributed by atoms with Crippen molar-refractivity contribution < 1.29 is 4.79 Å². The zero-order valence-electron chi connectivity index (χ0n) is 18.2. The average Bonchev–Trinajstić information content (AvgIpc) is 3.10. The van der Waals surface area contributed by atoms with Crippen LogP contribution in [0.25, 0.3) is 0 Å². The van der Waals surface area contributed by atoms with Gasteiger partial charge in [0.05, 0.1) is 30.0 Å². The lowest BCUT2D eigenvalue weighted by Crippen LogP contribution is -2.60. The molecule has 8 nitrogen and oxygen atoms in total. The molecule has 1 aromatic heterocycles. The Kier molecular flexibility index (Phi) is 5.91. The van der Waals surface area contributed by atoms with E-state index in [1.54, 1.807) is 12.4 Å². The van der Waals surface area contributed by atoms with Gasteiger partial charge in [-0.3, -0.25) is 4.90 Å². The van der Waals surface area contributed by atoms with Crippen LogP contribution in [0.2, 0.25) is 0 Å². The molecule has 166 valence electrons. The van der Waals surface area contributed by atoms with Crippen LogP contribution in [0, 0.1) is 11.3 Å². The molecule has 1 aromatic carbocycles. The van der Waals surface area contributed by atoms with Crippen molar-refractivity contribution in [3.8, 4) is 6.07 Å². The molecule has 2 atom stereocenters. The molecule has 3 saturated heterocycles. The van der Waals surface area contributed by atoms with E-state index >= 15 is 0 Å². The van der Waals surface area contributed by atoms with Crippen LogP contribution < -0.4 is 10.2 Å². The topological polar surface area (TPSA) is 88.4 Å². The standard InChI is InChI=1S/C24H29N7O/c25-12-19-13-26-23(27-14-19)30-16-21-6-7-22(17-30)31(21)24(32)28-20-8-10-29(11-9-20)15-18-4-2-1-3-5-18/h1-5,13-14,20-22H,6-11,15-17H2,(H,28,32). The van der Waals surface area contributed by atoms with E-state index in [0.29, 0.717) is 11.5 Å². The smallest absolute Gasteiger partial charge is 0.318 e. The highest BCUT2D eigenvalue weighted by atomic mass is 16.2. The van der Waals surface area contributed by atoms with Crippen molar-refractivity contribution in [1.29, 1.82) is 5.26 Å². The third-order valence-corrected chi connectivity index (χ3v) is 6.93. The maximum Gasteiger partial charge on any atom is 0.318 e. The van der Waals surface area contributed by atoms with Crippen molar-refractivity contribution in [2.75, 3.05) is 31.1 Å². The summed E-state index contributed by atoms with van der Waals surface area (Å²) in [5, 5.41) is 12.3. The number of rotatable bonds is 4. The number of benzene rings is 1. The van der Waals surface area contributed by atoms with Gasteiger partial charge in [-0.25, -0.2) is 14.8 Å². The summed E-state index contributed by atoms with van der Waals surface area (Å²) in [5.74, 6) is 0.645. The number of nitrogens with zero attached hydrogens (tertiary/aromatic N) is 6. The first-order valence-electron chi connectivity index (χ1n) is 11.5. The maximum absolute atomic E-state index is 13.1. The zero-order chi connectivity index (χ0) is 21.9. The molecule has 0 spiro atoms. The monoisotopic (exact) mass is 431 g/mol. The van der Waals surface area contributed by atoms with E-state index in [4.69, 9.17) is 5.26 Å². The molecule has 0 radical (unpaired) electrons. The molecule has 8 heteroatoms. The summed E-state index contributed by atoms with van der Waals surface area (Å²) < 4.78 is 0. The molecular weight excluding hydrogens is 402 g/mol. The Balaban J connectivity index is 1.13. The van der Waals surface area contributed by atoms with Gasteiger partial charge in [0.1, 0.15) is 6.07 Å². The summed E-state index contributed by atoms with van der Waals surface area (Å²) in [5.41, 5.74) is 1.81. The summed E-state index contributed by atoms with van der Waals surface area (Å²) in [6, 6.07) is 13.3. The number of carbonyl (C=O) groups excluding carboxylic acids is 1. The van der Waals surface area contributed by atoms with E-state index in [-0.39, 0.29) is 24.2 Å². The van der Waals surface area contributed by atoms with Crippen LogP contribution in [-0.4, -0.2) is 70.1 Å². The molecule has 2 bridgehead atoms. The molecule has 1 N–H and O–H groups in total. The van der Waals surface area contributed by atoms with Crippen LogP contribution in [0.15, 0.2) is 42.7 Å². The van der Waals surface area contributed by atoms with Crippen molar-refractivity contribution in [2.24, 2.45) is 0 Å². The summed E-state index contributed by atoms with van der Waals surface area (Å²) in [6.45, 7) is 4.48. The van der Waals surface area contributed by atoms with Crippen LogP contribution in [0.3, 0.4) is 0 Å². The lowest BCUT2D eigenvalue weighted by Gasteiger charge is -2.42. The van der Waals surface area contributed by atoms with E-state index in [1.165, 1.54) is 5.56 Å². The Labute approximate surface area is 188 Å². The molecule has 4 heterocycles. The second kappa shape index (κ2) is 9.13. The lowest BCUT2D eigenvalue weighted by molar-refractivity contribution is 0.146. The number of piperidine rings is 1. The molecule has 3 aliphatic heterocycles.